The van der Waals surface area contributed by atoms with E-state index in [1.165, 1.54) is 24.3 Å². The van der Waals surface area contributed by atoms with E-state index >= 15 is 0 Å². The van der Waals surface area contributed by atoms with Crippen LogP contribution in [0.3, 0.4) is 0 Å². The molecule has 0 bridgehead atoms. The first kappa shape index (κ1) is 15.6. The first-order chi connectivity index (χ1) is 9.87. The maximum atomic E-state index is 12.2. The first-order valence-corrected chi connectivity index (χ1v) is 6.65. The lowest BCUT2D eigenvalue weighted by molar-refractivity contribution is -0.274. The van der Waals surface area contributed by atoms with E-state index in [4.69, 9.17) is 11.6 Å². The molecule has 1 aromatic heterocycles. The molecule has 1 heterocycles. The standard InChI is InChI=1S/C14H12ClF3N2O/c1-2-4-13-19-11(8-12(15)20-13)9-5-3-6-10(7-9)21-14(16,17)18/h3,5-8H,2,4H2,1H3. The maximum absolute atomic E-state index is 12.2. The van der Waals surface area contributed by atoms with E-state index in [1.54, 1.807) is 6.07 Å². The Hall–Kier alpha value is -1.82. The fraction of sp³-hybridized carbons (Fsp3) is 0.286. The van der Waals surface area contributed by atoms with Crippen molar-refractivity contribution in [2.24, 2.45) is 0 Å². The van der Waals surface area contributed by atoms with E-state index in [2.05, 4.69) is 14.7 Å². The van der Waals surface area contributed by atoms with Crippen LogP contribution in [-0.2, 0) is 6.42 Å². The predicted octanol–water partition coefficient (Wildman–Crippen LogP) is 4.65. The normalized spacial score (nSPS) is 11.5. The summed E-state index contributed by atoms with van der Waals surface area (Å²) in [6, 6.07) is 7.10. The van der Waals surface area contributed by atoms with E-state index in [-0.39, 0.29) is 10.9 Å². The second-order valence-electron chi connectivity index (χ2n) is 4.32. The van der Waals surface area contributed by atoms with Crippen molar-refractivity contribution in [1.29, 1.82) is 0 Å². The minimum atomic E-state index is -4.73. The number of benzene rings is 1. The Kier molecular flexibility index (Phi) is 4.67. The summed E-state index contributed by atoms with van der Waals surface area (Å²) in [6.45, 7) is 1.97. The Balaban J connectivity index is 2.35. The summed E-state index contributed by atoms with van der Waals surface area (Å²) in [5, 5.41) is 0.255. The van der Waals surface area contributed by atoms with Gasteiger partial charge in [-0.15, -0.1) is 13.2 Å². The molecule has 0 radical (unpaired) electrons. The number of hydrogen-bond donors (Lipinski definition) is 0. The Morgan fingerprint density at radius 1 is 1.19 bits per heavy atom. The lowest BCUT2D eigenvalue weighted by atomic mass is 10.1. The van der Waals surface area contributed by atoms with Crippen LogP contribution in [0.25, 0.3) is 11.3 Å². The van der Waals surface area contributed by atoms with Gasteiger partial charge in [-0.2, -0.15) is 0 Å². The Bertz CT molecular complexity index is 632. The number of alkyl halides is 3. The molecule has 0 atom stereocenters. The molecule has 21 heavy (non-hydrogen) atoms. The molecule has 2 rings (SSSR count). The molecule has 0 saturated heterocycles. The van der Waals surface area contributed by atoms with Crippen molar-refractivity contribution in [1.82, 2.24) is 9.97 Å². The van der Waals surface area contributed by atoms with E-state index in [0.29, 0.717) is 23.5 Å². The van der Waals surface area contributed by atoms with Crippen molar-refractivity contribution in [2.75, 3.05) is 0 Å². The van der Waals surface area contributed by atoms with Gasteiger partial charge in [0.1, 0.15) is 16.7 Å². The third kappa shape index (κ3) is 4.60. The highest BCUT2D eigenvalue weighted by Gasteiger charge is 2.31. The van der Waals surface area contributed by atoms with Crippen LogP contribution < -0.4 is 4.74 Å². The summed E-state index contributed by atoms with van der Waals surface area (Å²) in [5.41, 5.74) is 0.949. The van der Waals surface area contributed by atoms with Crippen LogP contribution in [0.2, 0.25) is 5.15 Å². The molecule has 3 nitrogen and oxygen atoms in total. The molecule has 0 amide bonds. The highest BCUT2D eigenvalue weighted by molar-refractivity contribution is 6.29. The van der Waals surface area contributed by atoms with Crippen molar-refractivity contribution >= 4 is 11.6 Å². The largest absolute Gasteiger partial charge is 0.573 e. The molecule has 1 aromatic carbocycles. The fourth-order valence-electron chi connectivity index (χ4n) is 1.80. The average molecular weight is 317 g/mol. The molecular formula is C14H12ClF3N2O. The van der Waals surface area contributed by atoms with Gasteiger partial charge in [-0.3, -0.25) is 0 Å². The monoisotopic (exact) mass is 316 g/mol. The number of nitrogens with zero attached hydrogens (tertiary/aromatic N) is 2. The topological polar surface area (TPSA) is 35.0 Å². The number of halogens is 4. The highest BCUT2D eigenvalue weighted by Crippen LogP contribution is 2.28. The summed E-state index contributed by atoms with van der Waals surface area (Å²) in [5.74, 6) is 0.258. The van der Waals surface area contributed by atoms with Crippen molar-refractivity contribution in [2.45, 2.75) is 26.1 Å². The number of rotatable bonds is 4. The maximum Gasteiger partial charge on any atom is 0.573 e. The predicted molar refractivity (Wildman–Crippen MR) is 73.2 cm³/mol. The number of aryl methyl sites for hydroxylation is 1. The van der Waals surface area contributed by atoms with Crippen LogP contribution in [0, 0.1) is 0 Å². The van der Waals surface area contributed by atoms with Gasteiger partial charge >= 0.3 is 6.36 Å². The van der Waals surface area contributed by atoms with E-state index in [0.717, 1.165) is 6.42 Å². The quantitative estimate of drug-likeness (QED) is 0.770. The summed E-state index contributed by atoms with van der Waals surface area (Å²) >= 11 is 5.92. The van der Waals surface area contributed by atoms with Crippen molar-refractivity contribution in [3.8, 4) is 17.0 Å². The van der Waals surface area contributed by atoms with Gasteiger partial charge in [0.15, 0.2) is 0 Å². The van der Waals surface area contributed by atoms with Crippen LogP contribution >= 0.6 is 11.6 Å². The lowest BCUT2D eigenvalue weighted by Crippen LogP contribution is -2.17. The molecule has 0 N–H and O–H groups in total. The molecule has 0 fully saturated rings. The van der Waals surface area contributed by atoms with Crippen LogP contribution in [-0.4, -0.2) is 16.3 Å². The zero-order chi connectivity index (χ0) is 15.5. The Morgan fingerprint density at radius 3 is 2.62 bits per heavy atom. The zero-order valence-corrected chi connectivity index (χ0v) is 11.9. The summed E-state index contributed by atoms with van der Waals surface area (Å²) < 4.78 is 40.6. The number of ether oxygens (including phenoxy) is 1. The van der Waals surface area contributed by atoms with Crippen molar-refractivity contribution < 1.29 is 17.9 Å². The smallest absolute Gasteiger partial charge is 0.406 e. The molecule has 7 heteroatoms. The first-order valence-electron chi connectivity index (χ1n) is 6.27. The lowest BCUT2D eigenvalue weighted by Gasteiger charge is -2.10. The van der Waals surface area contributed by atoms with Gasteiger partial charge in [-0.1, -0.05) is 30.7 Å². The SMILES string of the molecule is CCCc1nc(Cl)cc(-c2cccc(OC(F)(F)F)c2)n1. The fourth-order valence-corrected chi connectivity index (χ4v) is 2.00. The molecule has 0 spiro atoms. The van der Waals surface area contributed by atoms with Crippen LogP contribution in [0.5, 0.6) is 5.75 Å². The number of hydrogen-bond acceptors (Lipinski definition) is 3. The summed E-state index contributed by atoms with van der Waals surface area (Å²) in [7, 11) is 0. The van der Waals surface area contributed by atoms with E-state index in [1.807, 2.05) is 6.92 Å². The van der Waals surface area contributed by atoms with Gasteiger partial charge in [0.2, 0.25) is 0 Å². The van der Waals surface area contributed by atoms with Crippen molar-refractivity contribution in [3.05, 3.63) is 41.3 Å². The van der Waals surface area contributed by atoms with Crippen molar-refractivity contribution in [3.63, 3.8) is 0 Å². The number of aromatic nitrogens is 2. The van der Waals surface area contributed by atoms with E-state index < -0.39 is 6.36 Å². The van der Waals surface area contributed by atoms with E-state index in [9.17, 15) is 13.2 Å². The Morgan fingerprint density at radius 2 is 1.95 bits per heavy atom. The summed E-state index contributed by atoms with van der Waals surface area (Å²) in [6.07, 6.45) is -3.24. The zero-order valence-electron chi connectivity index (χ0n) is 11.1. The summed E-state index contributed by atoms with van der Waals surface area (Å²) in [4.78, 5) is 8.37. The molecule has 0 unspecified atom stereocenters. The molecule has 0 aliphatic carbocycles. The highest BCUT2D eigenvalue weighted by atomic mass is 35.5. The minimum absolute atomic E-state index is 0.255. The van der Waals surface area contributed by atoms with Gasteiger partial charge < -0.3 is 4.74 Å². The average Bonchev–Trinajstić information content (AvgIpc) is 2.36. The second kappa shape index (κ2) is 6.30. The molecule has 0 aliphatic rings. The molecule has 0 saturated carbocycles. The third-order valence-electron chi connectivity index (χ3n) is 2.58. The Labute approximate surface area is 124 Å². The van der Waals surface area contributed by atoms with Gasteiger partial charge in [0.05, 0.1) is 5.69 Å². The third-order valence-corrected chi connectivity index (χ3v) is 2.77. The molecule has 112 valence electrons. The van der Waals surface area contributed by atoms with Crippen LogP contribution in [0.4, 0.5) is 13.2 Å². The van der Waals surface area contributed by atoms with Gasteiger partial charge in [-0.05, 0) is 18.6 Å². The van der Waals surface area contributed by atoms with Gasteiger partial charge in [0.25, 0.3) is 0 Å². The van der Waals surface area contributed by atoms with Crippen LogP contribution in [0.1, 0.15) is 19.2 Å². The van der Waals surface area contributed by atoms with Gasteiger partial charge in [0, 0.05) is 18.1 Å². The molecule has 0 aliphatic heterocycles. The van der Waals surface area contributed by atoms with Crippen LogP contribution in [0.15, 0.2) is 30.3 Å². The molecular weight excluding hydrogens is 305 g/mol. The van der Waals surface area contributed by atoms with Gasteiger partial charge in [-0.25, -0.2) is 9.97 Å². The molecule has 2 aromatic rings. The second-order valence-corrected chi connectivity index (χ2v) is 4.71. The minimum Gasteiger partial charge on any atom is -0.406 e.